The largest absolute Gasteiger partial charge is 0.495 e. The average Bonchev–Trinajstić information content (AvgIpc) is 2.90. The molecule has 2 N–H and O–H groups in total. The van der Waals surface area contributed by atoms with E-state index in [9.17, 15) is 24.4 Å². The highest BCUT2D eigenvalue weighted by Crippen LogP contribution is 2.40. The second-order valence-corrected chi connectivity index (χ2v) is 8.46. The molecule has 0 spiro atoms. The van der Waals surface area contributed by atoms with Gasteiger partial charge in [0.25, 0.3) is 0 Å². The molecular weight excluding hydrogens is 486 g/mol. The van der Waals surface area contributed by atoms with Gasteiger partial charge in [0.1, 0.15) is 11.7 Å². The van der Waals surface area contributed by atoms with E-state index in [1.165, 1.54) is 26.4 Å². The van der Waals surface area contributed by atoms with Gasteiger partial charge in [-0.3, -0.25) is 14.4 Å². The van der Waals surface area contributed by atoms with Crippen LogP contribution in [0.25, 0.3) is 0 Å². The van der Waals surface area contributed by atoms with Gasteiger partial charge in [0.15, 0.2) is 0 Å². The first kappa shape index (κ1) is 26.3. The summed E-state index contributed by atoms with van der Waals surface area (Å²) in [5.41, 5.74) is 1.27. The summed E-state index contributed by atoms with van der Waals surface area (Å²) in [6.07, 6.45) is 0. The van der Waals surface area contributed by atoms with Crippen LogP contribution in [-0.2, 0) is 23.9 Å². The van der Waals surface area contributed by atoms with Crippen molar-refractivity contribution in [3.8, 4) is 11.8 Å². The Labute approximate surface area is 211 Å². The Morgan fingerprint density at radius 2 is 1.75 bits per heavy atom. The van der Waals surface area contributed by atoms with Crippen LogP contribution >= 0.6 is 11.8 Å². The van der Waals surface area contributed by atoms with Crippen LogP contribution in [0.1, 0.15) is 21.8 Å². The molecule has 11 heteroatoms. The normalized spacial score (nSPS) is 16.9. The molecule has 2 atom stereocenters. The minimum atomic E-state index is -1.33. The van der Waals surface area contributed by atoms with E-state index in [-0.39, 0.29) is 21.9 Å². The van der Waals surface area contributed by atoms with Gasteiger partial charge in [0.05, 0.1) is 55.0 Å². The standard InChI is InChI=1S/C25H23N3O7S/c1-33-18-7-5-4-6-17(18)27-19(29)13-36-23-16(12-26)20(21(22(30)28-23)25(32)35-3)14-8-10-15(11-9-14)24(31)34-2/h4-11,20-21H,13H2,1-3H3,(H,27,29)(H,28,30)/t20-,21+/m1/s1. The summed E-state index contributed by atoms with van der Waals surface area (Å²) in [5, 5.41) is 15.4. The lowest BCUT2D eigenvalue weighted by Gasteiger charge is -2.31. The number of carbonyl (C=O) groups excluding carboxylic acids is 4. The minimum absolute atomic E-state index is 0.0888. The van der Waals surface area contributed by atoms with Gasteiger partial charge >= 0.3 is 11.9 Å². The van der Waals surface area contributed by atoms with Crippen LogP contribution in [0.4, 0.5) is 5.69 Å². The van der Waals surface area contributed by atoms with E-state index in [1.54, 1.807) is 36.4 Å². The third-order valence-corrected chi connectivity index (χ3v) is 6.42. The molecule has 2 aromatic carbocycles. The summed E-state index contributed by atoms with van der Waals surface area (Å²) in [4.78, 5) is 49.8. The van der Waals surface area contributed by atoms with Gasteiger partial charge < -0.3 is 24.8 Å². The Morgan fingerprint density at radius 1 is 1.06 bits per heavy atom. The number of benzene rings is 2. The van der Waals surface area contributed by atoms with Crippen molar-refractivity contribution in [1.82, 2.24) is 5.32 Å². The summed E-state index contributed by atoms with van der Waals surface area (Å²) >= 11 is 0.952. The summed E-state index contributed by atoms with van der Waals surface area (Å²) < 4.78 is 14.7. The molecule has 186 valence electrons. The number of allylic oxidation sites excluding steroid dienone is 1. The Balaban J connectivity index is 1.91. The number of anilines is 1. The molecule has 3 rings (SSSR count). The number of methoxy groups -OCH3 is 3. The van der Waals surface area contributed by atoms with E-state index in [4.69, 9.17) is 14.2 Å². The Bertz CT molecular complexity index is 1250. The molecule has 0 unspecified atom stereocenters. The molecule has 0 fully saturated rings. The Kier molecular flexibility index (Phi) is 8.70. The van der Waals surface area contributed by atoms with Gasteiger partial charge in [0, 0.05) is 5.92 Å². The lowest BCUT2D eigenvalue weighted by Crippen LogP contribution is -2.44. The molecule has 2 amide bonds. The lowest BCUT2D eigenvalue weighted by molar-refractivity contribution is -0.150. The lowest BCUT2D eigenvalue weighted by atomic mass is 9.78. The first-order valence-corrected chi connectivity index (χ1v) is 11.6. The molecule has 36 heavy (non-hydrogen) atoms. The number of esters is 2. The third kappa shape index (κ3) is 5.67. The SMILES string of the molecule is COC(=O)c1ccc([C@@H]2C(C#N)=C(SCC(=O)Nc3ccccc3OC)NC(=O)[C@H]2C(=O)OC)cc1. The predicted octanol–water partition coefficient (Wildman–Crippen LogP) is 2.59. The smallest absolute Gasteiger partial charge is 0.337 e. The van der Waals surface area contributed by atoms with Crippen molar-refractivity contribution < 1.29 is 33.4 Å². The highest BCUT2D eigenvalue weighted by molar-refractivity contribution is 8.03. The van der Waals surface area contributed by atoms with Crippen molar-refractivity contribution in [3.63, 3.8) is 0 Å². The quantitative estimate of drug-likeness (QED) is 0.405. The number of nitrogens with one attached hydrogen (secondary N) is 2. The fraction of sp³-hybridized carbons (Fsp3) is 0.240. The maximum Gasteiger partial charge on any atom is 0.337 e. The minimum Gasteiger partial charge on any atom is -0.495 e. The fourth-order valence-corrected chi connectivity index (χ4v) is 4.54. The van der Waals surface area contributed by atoms with Crippen molar-refractivity contribution in [3.05, 3.63) is 70.3 Å². The summed E-state index contributed by atoms with van der Waals surface area (Å²) in [7, 11) is 3.88. The van der Waals surface area contributed by atoms with Crippen molar-refractivity contribution >= 4 is 41.2 Å². The zero-order valence-corrected chi connectivity index (χ0v) is 20.5. The topological polar surface area (TPSA) is 144 Å². The van der Waals surface area contributed by atoms with E-state index in [1.807, 2.05) is 0 Å². The molecule has 0 radical (unpaired) electrons. The number of hydrogen-bond donors (Lipinski definition) is 2. The van der Waals surface area contributed by atoms with Crippen LogP contribution < -0.4 is 15.4 Å². The second-order valence-electron chi connectivity index (χ2n) is 7.47. The highest BCUT2D eigenvalue weighted by Gasteiger charge is 2.44. The van der Waals surface area contributed by atoms with E-state index < -0.39 is 35.6 Å². The van der Waals surface area contributed by atoms with Gasteiger partial charge in [0.2, 0.25) is 11.8 Å². The number of nitrogens with zero attached hydrogens (tertiary/aromatic N) is 1. The molecule has 0 bridgehead atoms. The average molecular weight is 510 g/mol. The van der Waals surface area contributed by atoms with Crippen molar-refractivity contribution in [2.45, 2.75) is 5.92 Å². The van der Waals surface area contributed by atoms with Crippen LogP contribution in [0.2, 0.25) is 0 Å². The number of rotatable bonds is 8. The highest BCUT2D eigenvalue weighted by atomic mass is 32.2. The third-order valence-electron chi connectivity index (χ3n) is 5.40. The Hall–Kier alpha value is -4.30. The molecule has 10 nitrogen and oxygen atoms in total. The summed E-state index contributed by atoms with van der Waals surface area (Å²) in [6, 6.07) is 15.0. The number of carbonyl (C=O) groups is 4. The number of para-hydroxylation sites is 2. The maximum atomic E-state index is 12.9. The first-order valence-electron chi connectivity index (χ1n) is 10.6. The van der Waals surface area contributed by atoms with Gasteiger partial charge in [-0.2, -0.15) is 5.26 Å². The molecule has 0 aromatic heterocycles. The number of hydrogen-bond acceptors (Lipinski definition) is 9. The zero-order valence-electron chi connectivity index (χ0n) is 19.7. The molecule has 0 aliphatic carbocycles. The second kappa shape index (κ2) is 11.9. The van der Waals surface area contributed by atoms with Crippen LogP contribution in [0.15, 0.2) is 59.1 Å². The molecule has 0 saturated heterocycles. The van der Waals surface area contributed by atoms with Gasteiger partial charge in [-0.05, 0) is 29.8 Å². The van der Waals surface area contributed by atoms with Crippen LogP contribution in [0, 0.1) is 17.2 Å². The van der Waals surface area contributed by atoms with E-state index >= 15 is 0 Å². The van der Waals surface area contributed by atoms with Crippen LogP contribution in [0.5, 0.6) is 5.75 Å². The van der Waals surface area contributed by atoms with E-state index in [2.05, 4.69) is 16.7 Å². The molecule has 1 aliphatic heterocycles. The van der Waals surface area contributed by atoms with Gasteiger partial charge in [-0.25, -0.2) is 4.79 Å². The van der Waals surface area contributed by atoms with Crippen molar-refractivity contribution in [2.75, 3.05) is 32.4 Å². The number of ether oxygens (including phenoxy) is 3. The molecular formula is C25H23N3O7S. The zero-order chi connectivity index (χ0) is 26.2. The maximum absolute atomic E-state index is 12.9. The monoisotopic (exact) mass is 509 g/mol. The van der Waals surface area contributed by atoms with E-state index in [0.29, 0.717) is 17.0 Å². The number of thioether (sulfide) groups is 1. The van der Waals surface area contributed by atoms with Crippen LogP contribution in [-0.4, -0.2) is 50.8 Å². The predicted molar refractivity (Wildman–Crippen MR) is 131 cm³/mol. The molecule has 1 aliphatic rings. The van der Waals surface area contributed by atoms with Gasteiger partial charge in [-0.15, -0.1) is 0 Å². The number of amides is 2. The van der Waals surface area contributed by atoms with E-state index in [0.717, 1.165) is 18.9 Å². The molecule has 0 saturated carbocycles. The molecule has 1 heterocycles. The van der Waals surface area contributed by atoms with Crippen molar-refractivity contribution in [2.24, 2.45) is 5.92 Å². The van der Waals surface area contributed by atoms with Gasteiger partial charge in [-0.1, -0.05) is 36.0 Å². The summed E-state index contributed by atoms with van der Waals surface area (Å²) in [6.45, 7) is 0. The fourth-order valence-electron chi connectivity index (χ4n) is 3.70. The number of nitriles is 1. The molecule has 2 aromatic rings. The van der Waals surface area contributed by atoms with Crippen molar-refractivity contribution in [1.29, 1.82) is 5.26 Å². The first-order chi connectivity index (χ1) is 17.3. The Morgan fingerprint density at radius 3 is 2.36 bits per heavy atom. The van der Waals surface area contributed by atoms with Crippen LogP contribution in [0.3, 0.4) is 0 Å². The summed E-state index contributed by atoms with van der Waals surface area (Å²) in [5.74, 6) is -4.40.